The minimum atomic E-state index is -2.24. The summed E-state index contributed by atoms with van der Waals surface area (Å²) in [6.07, 6.45) is 2.99. The molecule has 198 valence electrons. The molecule has 0 N–H and O–H groups in total. The van der Waals surface area contributed by atoms with E-state index in [1.54, 1.807) is 0 Å². The molecule has 0 unspecified atom stereocenters. The minimum absolute atomic E-state index is 0.126. The van der Waals surface area contributed by atoms with Gasteiger partial charge in [-0.05, 0) is 90.1 Å². The number of halogens is 8. The van der Waals surface area contributed by atoms with E-state index >= 15 is 0 Å². The molecule has 3 nitrogen and oxygen atoms in total. The highest BCUT2D eigenvalue weighted by Crippen LogP contribution is 2.85. The second kappa shape index (κ2) is 8.42. The summed E-state index contributed by atoms with van der Waals surface area (Å²) >= 11 is 55.0. The summed E-state index contributed by atoms with van der Waals surface area (Å²) in [4.78, 5) is 33.3. The van der Waals surface area contributed by atoms with Crippen molar-refractivity contribution in [3.05, 3.63) is 0 Å². The van der Waals surface area contributed by atoms with Gasteiger partial charge in [0.05, 0.1) is 4.87 Å². The fourth-order valence-corrected chi connectivity index (χ4v) is 13.2. The van der Waals surface area contributed by atoms with Crippen LogP contribution in [-0.4, -0.2) is 34.7 Å². The van der Waals surface area contributed by atoms with E-state index in [2.05, 4.69) is 6.92 Å². The number of alkyl halides is 5. The Morgan fingerprint density at radius 2 is 1.34 bits per heavy atom. The number of fused-ring (bicyclic) bond motifs is 3. The quantitative estimate of drug-likeness (QED) is 0.228. The van der Waals surface area contributed by atoms with Crippen molar-refractivity contribution < 1.29 is 14.4 Å². The zero-order valence-corrected chi connectivity index (χ0v) is 25.8. The molecule has 5 rings (SSSR count). The lowest BCUT2D eigenvalue weighted by atomic mass is 9.31. The molecular formula is C24H28Cl8O3. The lowest BCUT2D eigenvalue weighted by Crippen LogP contribution is -2.89. The van der Waals surface area contributed by atoms with E-state index in [1.807, 2.05) is 20.8 Å². The van der Waals surface area contributed by atoms with E-state index < -0.39 is 62.8 Å². The molecule has 35 heavy (non-hydrogen) atoms. The highest BCUT2D eigenvalue weighted by atomic mass is 35.5. The van der Waals surface area contributed by atoms with Gasteiger partial charge in [0, 0.05) is 16.7 Å². The molecule has 5 fully saturated rings. The normalized spacial score (nSPS) is 52.5. The SMILES string of the molecule is CC(C)[C@@]1(Cl)[C@H]2C[C@@H]3[C@]4(C)CCC[C@@](C)(C(=O)Cl)[C@@H]4CC[C@@]3(C1(Cl)Cl)[C@](Cl)(C(=O)Cl)[C@]2(Cl)C(=O)Cl. The third-order valence-corrected chi connectivity index (χ3v) is 16.0. The molecule has 0 aromatic rings. The van der Waals surface area contributed by atoms with Crippen LogP contribution >= 0.6 is 92.8 Å². The van der Waals surface area contributed by atoms with E-state index in [9.17, 15) is 14.4 Å². The van der Waals surface area contributed by atoms with Crippen molar-refractivity contribution in [2.75, 3.05) is 0 Å². The van der Waals surface area contributed by atoms with Crippen LogP contribution in [-0.2, 0) is 14.4 Å². The van der Waals surface area contributed by atoms with Crippen LogP contribution in [0.4, 0.5) is 0 Å². The van der Waals surface area contributed by atoms with Gasteiger partial charge in [0.25, 0.3) is 0 Å². The molecule has 2 bridgehead atoms. The van der Waals surface area contributed by atoms with Crippen LogP contribution in [0.15, 0.2) is 0 Å². The molecule has 5 saturated carbocycles. The largest absolute Gasteiger partial charge is 0.281 e. The summed E-state index contributed by atoms with van der Waals surface area (Å²) in [6.45, 7) is 7.65. The summed E-state index contributed by atoms with van der Waals surface area (Å²) in [7, 11) is 0. The Hall–Kier alpha value is 1.33. The molecule has 1 spiro atoms. The highest BCUT2D eigenvalue weighted by molar-refractivity contribution is 6.79. The fraction of sp³-hybridized carbons (Fsp3) is 0.875. The maximum atomic E-state index is 13.4. The van der Waals surface area contributed by atoms with Crippen molar-refractivity contribution in [1.29, 1.82) is 0 Å². The van der Waals surface area contributed by atoms with Crippen LogP contribution in [0.25, 0.3) is 0 Å². The standard InChI is InChI=1S/C24H28Cl8O3/c1-11(2)21(28)14-10-13-18(3)7-5-8-19(4,15(25)33)12(18)6-9-20(13,24(21,31)32)23(30,17(27)35)22(14,29)16(26)34/h11-14H,5-10H2,1-4H3/t12-,13-,14-,18-,19-,20+,21-,22-,23-/m1/s1. The molecular weight excluding hydrogens is 620 g/mol. The van der Waals surface area contributed by atoms with Crippen LogP contribution in [0.1, 0.15) is 66.2 Å². The summed E-state index contributed by atoms with van der Waals surface area (Å²) < 4.78 is -1.81. The topological polar surface area (TPSA) is 51.2 Å². The monoisotopic (exact) mass is 644 g/mol. The Morgan fingerprint density at radius 3 is 1.80 bits per heavy atom. The number of rotatable bonds is 4. The van der Waals surface area contributed by atoms with Gasteiger partial charge in [0.2, 0.25) is 15.7 Å². The van der Waals surface area contributed by atoms with Crippen LogP contribution < -0.4 is 0 Å². The Morgan fingerprint density at radius 1 is 0.771 bits per heavy atom. The van der Waals surface area contributed by atoms with Crippen LogP contribution in [0.3, 0.4) is 0 Å². The molecule has 0 heterocycles. The molecule has 0 aromatic carbocycles. The van der Waals surface area contributed by atoms with E-state index in [0.29, 0.717) is 19.3 Å². The van der Waals surface area contributed by atoms with Crippen LogP contribution in [0.5, 0.6) is 0 Å². The number of carbonyl (C=O) groups excluding carboxylic acids is 3. The summed E-state index contributed by atoms with van der Waals surface area (Å²) in [5.74, 6) is -1.91. The number of carbonyl (C=O) groups is 3. The highest BCUT2D eigenvalue weighted by Gasteiger charge is 2.92. The van der Waals surface area contributed by atoms with Crippen molar-refractivity contribution in [3.8, 4) is 0 Å². The first kappa shape index (κ1) is 29.3. The first-order valence-electron chi connectivity index (χ1n) is 11.8. The van der Waals surface area contributed by atoms with Crippen LogP contribution in [0, 0.1) is 39.9 Å². The zero-order chi connectivity index (χ0) is 26.8. The Balaban J connectivity index is 2.09. The lowest BCUT2D eigenvalue weighted by molar-refractivity contribution is -0.219. The molecule has 5 aliphatic rings. The van der Waals surface area contributed by atoms with Gasteiger partial charge in [-0.25, -0.2) is 0 Å². The third kappa shape index (κ3) is 2.95. The molecule has 0 aromatic heterocycles. The van der Waals surface area contributed by atoms with Gasteiger partial charge >= 0.3 is 0 Å². The number of hydrogen-bond donors (Lipinski definition) is 0. The molecule has 0 saturated heterocycles. The lowest BCUT2D eigenvalue weighted by Gasteiger charge is -2.79. The average Bonchev–Trinajstić information content (AvgIpc) is 2.73. The van der Waals surface area contributed by atoms with Gasteiger partial charge in [-0.3, -0.25) is 14.4 Å². The third-order valence-electron chi connectivity index (χ3n) is 10.7. The van der Waals surface area contributed by atoms with E-state index in [-0.39, 0.29) is 18.3 Å². The van der Waals surface area contributed by atoms with Crippen molar-refractivity contribution >= 4 is 109 Å². The fourth-order valence-electron chi connectivity index (χ4n) is 9.14. The van der Waals surface area contributed by atoms with E-state index in [1.165, 1.54) is 0 Å². The van der Waals surface area contributed by atoms with Crippen molar-refractivity contribution in [2.24, 2.45) is 39.9 Å². The van der Waals surface area contributed by atoms with Crippen molar-refractivity contribution in [2.45, 2.75) is 85.2 Å². The Labute approximate surface area is 246 Å². The molecule has 0 amide bonds. The molecule has 9 atom stereocenters. The number of hydrogen-bond acceptors (Lipinski definition) is 3. The predicted molar refractivity (Wildman–Crippen MR) is 144 cm³/mol. The smallest absolute Gasteiger partial charge is 0.245 e. The van der Waals surface area contributed by atoms with Gasteiger partial charge in [-0.15, -0.1) is 34.8 Å². The van der Waals surface area contributed by atoms with E-state index in [0.717, 1.165) is 12.8 Å². The van der Waals surface area contributed by atoms with E-state index in [4.69, 9.17) is 92.8 Å². The minimum Gasteiger partial charge on any atom is -0.281 e. The van der Waals surface area contributed by atoms with Gasteiger partial charge in [-0.2, -0.15) is 0 Å². The van der Waals surface area contributed by atoms with Gasteiger partial charge in [0.15, 0.2) is 9.75 Å². The Kier molecular flexibility index (Phi) is 7.05. The Bertz CT molecular complexity index is 1000. The second-order valence-electron chi connectivity index (χ2n) is 11.9. The second-order valence-corrected chi connectivity index (χ2v) is 16.0. The first-order valence-corrected chi connectivity index (χ1v) is 14.9. The maximum Gasteiger partial charge on any atom is 0.245 e. The molecule has 5 aliphatic carbocycles. The first-order chi connectivity index (χ1) is 15.8. The summed E-state index contributed by atoms with van der Waals surface area (Å²) in [5.41, 5.74) is -2.85. The molecule has 0 radical (unpaired) electrons. The molecule has 11 heteroatoms. The average molecular weight is 648 g/mol. The predicted octanol–water partition coefficient (Wildman–Crippen LogP) is 8.29. The van der Waals surface area contributed by atoms with Gasteiger partial charge in [-0.1, -0.05) is 57.3 Å². The zero-order valence-electron chi connectivity index (χ0n) is 19.8. The maximum absolute atomic E-state index is 13.4. The van der Waals surface area contributed by atoms with Gasteiger partial charge in [0.1, 0.15) is 4.33 Å². The van der Waals surface area contributed by atoms with Crippen molar-refractivity contribution in [1.82, 2.24) is 0 Å². The summed E-state index contributed by atoms with van der Waals surface area (Å²) in [6, 6.07) is 0. The molecule has 0 aliphatic heterocycles. The van der Waals surface area contributed by atoms with Crippen molar-refractivity contribution in [3.63, 3.8) is 0 Å². The summed E-state index contributed by atoms with van der Waals surface area (Å²) in [5, 5.41) is -2.45. The van der Waals surface area contributed by atoms with Crippen LogP contribution in [0.2, 0.25) is 0 Å². The van der Waals surface area contributed by atoms with Gasteiger partial charge < -0.3 is 0 Å².